The van der Waals surface area contributed by atoms with Gasteiger partial charge in [-0.05, 0) is 57.5 Å². The summed E-state index contributed by atoms with van der Waals surface area (Å²) in [4.78, 5) is 12.3. The van der Waals surface area contributed by atoms with Crippen molar-refractivity contribution in [3.05, 3.63) is 58.1 Å². The molecule has 25 heavy (non-hydrogen) atoms. The zero-order valence-corrected chi connectivity index (χ0v) is 16.1. The quantitative estimate of drug-likeness (QED) is 0.826. The van der Waals surface area contributed by atoms with E-state index in [-0.39, 0.29) is 27.6 Å². The van der Waals surface area contributed by atoms with Gasteiger partial charge in [0.1, 0.15) is 0 Å². The van der Waals surface area contributed by atoms with Crippen LogP contribution in [0.15, 0.2) is 41.3 Å². The molecule has 2 rings (SSSR count). The number of nitrogens with one attached hydrogen (secondary N) is 2. The van der Waals surface area contributed by atoms with Crippen molar-refractivity contribution in [3.63, 3.8) is 0 Å². The molecule has 7 heteroatoms. The van der Waals surface area contributed by atoms with Crippen LogP contribution in [-0.2, 0) is 10.0 Å². The van der Waals surface area contributed by atoms with Gasteiger partial charge < -0.3 is 5.32 Å². The van der Waals surface area contributed by atoms with Crippen LogP contribution in [0.4, 0.5) is 5.69 Å². The number of anilines is 1. The topological polar surface area (TPSA) is 75.3 Å². The number of rotatable bonds is 5. The fraction of sp³-hybridized carbons (Fsp3) is 0.278. The first-order valence-corrected chi connectivity index (χ1v) is 9.67. The highest BCUT2D eigenvalue weighted by Crippen LogP contribution is 2.27. The van der Waals surface area contributed by atoms with Crippen LogP contribution in [0.5, 0.6) is 0 Å². The van der Waals surface area contributed by atoms with Crippen LogP contribution in [0.1, 0.15) is 35.3 Å². The third-order valence-electron chi connectivity index (χ3n) is 3.51. The lowest BCUT2D eigenvalue weighted by molar-refractivity contribution is 0.0943. The fourth-order valence-electron chi connectivity index (χ4n) is 2.39. The largest absolute Gasteiger partial charge is 0.350 e. The lowest BCUT2D eigenvalue weighted by Gasteiger charge is -2.14. The number of sulfonamides is 1. The van der Waals surface area contributed by atoms with E-state index >= 15 is 0 Å². The Balaban J connectivity index is 2.37. The number of carbonyl (C=O) groups is 1. The van der Waals surface area contributed by atoms with Crippen LogP contribution in [-0.4, -0.2) is 20.4 Å². The summed E-state index contributed by atoms with van der Waals surface area (Å²) in [5.74, 6) is -0.293. The van der Waals surface area contributed by atoms with Gasteiger partial charge in [0.2, 0.25) is 0 Å². The van der Waals surface area contributed by atoms with E-state index in [9.17, 15) is 13.2 Å². The van der Waals surface area contributed by atoms with E-state index in [1.165, 1.54) is 12.1 Å². The maximum absolute atomic E-state index is 12.7. The van der Waals surface area contributed by atoms with E-state index < -0.39 is 10.0 Å². The number of hydrogen-bond acceptors (Lipinski definition) is 3. The van der Waals surface area contributed by atoms with Gasteiger partial charge in [-0.3, -0.25) is 9.52 Å². The first kappa shape index (κ1) is 19.3. The molecular weight excluding hydrogens is 360 g/mol. The highest BCUT2D eigenvalue weighted by molar-refractivity contribution is 7.92. The molecule has 0 bridgehead atoms. The van der Waals surface area contributed by atoms with Crippen LogP contribution in [0.3, 0.4) is 0 Å². The molecule has 0 aliphatic rings. The van der Waals surface area contributed by atoms with Crippen LogP contribution < -0.4 is 10.0 Å². The van der Waals surface area contributed by atoms with Gasteiger partial charge in [0, 0.05) is 11.6 Å². The molecule has 0 saturated heterocycles. The molecule has 2 aromatic rings. The summed E-state index contributed by atoms with van der Waals surface area (Å²) >= 11 is 6.11. The van der Waals surface area contributed by atoms with Crippen LogP contribution in [0.2, 0.25) is 5.02 Å². The Hall–Kier alpha value is -2.05. The number of aryl methyl sites for hydroxylation is 2. The average molecular weight is 381 g/mol. The minimum atomic E-state index is -3.81. The van der Waals surface area contributed by atoms with E-state index in [1.54, 1.807) is 31.2 Å². The molecule has 0 aliphatic heterocycles. The third kappa shape index (κ3) is 4.74. The van der Waals surface area contributed by atoms with Crippen LogP contribution in [0.25, 0.3) is 0 Å². The summed E-state index contributed by atoms with van der Waals surface area (Å²) in [5, 5.41) is 2.97. The maximum Gasteiger partial charge on any atom is 0.262 e. The molecule has 0 aliphatic carbocycles. The second kappa shape index (κ2) is 7.45. The summed E-state index contributed by atoms with van der Waals surface area (Å²) in [6, 6.07) is 9.53. The van der Waals surface area contributed by atoms with Crippen molar-refractivity contribution >= 4 is 33.2 Å². The van der Waals surface area contributed by atoms with Gasteiger partial charge in [-0.25, -0.2) is 8.42 Å². The molecular formula is C18H21ClN2O3S. The minimum absolute atomic E-state index is 0.0291. The Labute approximate surface area is 153 Å². The zero-order chi connectivity index (χ0) is 18.8. The molecule has 0 fully saturated rings. The van der Waals surface area contributed by atoms with Crippen LogP contribution in [0, 0.1) is 13.8 Å². The Morgan fingerprint density at radius 3 is 2.36 bits per heavy atom. The fourth-order valence-corrected chi connectivity index (χ4v) is 3.91. The monoisotopic (exact) mass is 380 g/mol. The standard InChI is InChI=1S/C18H21ClN2O3S/c1-11(2)20-18(22)14-6-7-15(19)16(10-14)21-25(23,24)17-8-5-12(3)9-13(17)4/h5-11,21H,1-4H3,(H,20,22). The number of amides is 1. The SMILES string of the molecule is Cc1ccc(S(=O)(=O)Nc2cc(C(=O)NC(C)C)ccc2Cl)c(C)c1. The van der Waals surface area contributed by atoms with E-state index in [4.69, 9.17) is 11.6 Å². The number of carbonyl (C=O) groups excluding carboxylic acids is 1. The van der Waals surface area contributed by atoms with Gasteiger partial charge in [-0.1, -0.05) is 29.3 Å². The lowest BCUT2D eigenvalue weighted by atomic mass is 10.2. The number of hydrogen-bond donors (Lipinski definition) is 2. The van der Waals surface area contributed by atoms with E-state index in [0.29, 0.717) is 11.1 Å². The van der Waals surface area contributed by atoms with E-state index in [0.717, 1.165) is 5.56 Å². The molecule has 134 valence electrons. The smallest absolute Gasteiger partial charge is 0.262 e. The lowest BCUT2D eigenvalue weighted by Crippen LogP contribution is -2.30. The van der Waals surface area contributed by atoms with Crippen molar-refractivity contribution in [2.45, 2.75) is 38.6 Å². The van der Waals surface area contributed by atoms with Gasteiger partial charge in [-0.15, -0.1) is 0 Å². The first-order valence-electron chi connectivity index (χ1n) is 7.80. The zero-order valence-electron chi connectivity index (χ0n) is 14.6. The summed E-state index contributed by atoms with van der Waals surface area (Å²) in [5.41, 5.74) is 2.11. The van der Waals surface area contributed by atoms with Crippen molar-refractivity contribution in [3.8, 4) is 0 Å². The highest BCUT2D eigenvalue weighted by Gasteiger charge is 2.19. The molecule has 0 saturated carbocycles. The molecule has 0 radical (unpaired) electrons. The predicted molar refractivity (Wildman–Crippen MR) is 101 cm³/mol. The Morgan fingerprint density at radius 2 is 1.76 bits per heavy atom. The van der Waals surface area contributed by atoms with Crippen molar-refractivity contribution in [1.29, 1.82) is 0 Å². The van der Waals surface area contributed by atoms with E-state index in [2.05, 4.69) is 10.0 Å². The third-order valence-corrected chi connectivity index (χ3v) is 5.37. The molecule has 0 heterocycles. The summed E-state index contributed by atoms with van der Waals surface area (Å²) in [6.07, 6.45) is 0. The molecule has 0 unspecified atom stereocenters. The Kier molecular flexibility index (Phi) is 5.75. The average Bonchev–Trinajstić information content (AvgIpc) is 2.48. The van der Waals surface area contributed by atoms with Crippen molar-refractivity contribution in [2.75, 3.05) is 4.72 Å². The Bertz CT molecular complexity index is 909. The Morgan fingerprint density at radius 1 is 1.08 bits per heavy atom. The van der Waals surface area contributed by atoms with E-state index in [1.807, 2.05) is 20.8 Å². The van der Waals surface area contributed by atoms with Gasteiger partial charge in [0.05, 0.1) is 15.6 Å². The van der Waals surface area contributed by atoms with Gasteiger partial charge in [-0.2, -0.15) is 0 Å². The summed E-state index contributed by atoms with van der Waals surface area (Å²) in [7, 11) is -3.81. The van der Waals surface area contributed by atoms with Crippen molar-refractivity contribution < 1.29 is 13.2 Å². The van der Waals surface area contributed by atoms with Crippen LogP contribution >= 0.6 is 11.6 Å². The first-order chi connectivity index (χ1) is 11.6. The molecule has 2 N–H and O–H groups in total. The highest BCUT2D eigenvalue weighted by atomic mass is 35.5. The van der Waals surface area contributed by atoms with Crippen molar-refractivity contribution in [1.82, 2.24) is 5.32 Å². The number of halogens is 1. The van der Waals surface area contributed by atoms with Gasteiger partial charge >= 0.3 is 0 Å². The summed E-state index contributed by atoms with van der Waals surface area (Å²) < 4.78 is 27.8. The van der Waals surface area contributed by atoms with Gasteiger partial charge in [0.25, 0.3) is 15.9 Å². The molecule has 0 spiro atoms. The molecule has 0 aromatic heterocycles. The van der Waals surface area contributed by atoms with Crippen molar-refractivity contribution in [2.24, 2.45) is 0 Å². The maximum atomic E-state index is 12.7. The normalized spacial score (nSPS) is 11.4. The second-order valence-corrected chi connectivity index (χ2v) is 8.26. The molecule has 1 amide bonds. The second-order valence-electron chi connectivity index (χ2n) is 6.20. The predicted octanol–water partition coefficient (Wildman–Crippen LogP) is 3.90. The molecule has 2 aromatic carbocycles. The molecule has 5 nitrogen and oxygen atoms in total. The number of benzene rings is 2. The molecule has 0 atom stereocenters. The summed E-state index contributed by atoms with van der Waals surface area (Å²) in [6.45, 7) is 7.31. The minimum Gasteiger partial charge on any atom is -0.350 e. The van der Waals surface area contributed by atoms with Gasteiger partial charge in [0.15, 0.2) is 0 Å².